The zero-order valence-electron chi connectivity index (χ0n) is 15.5. The standard InChI is InChI=1S/C20H22FNO5/c1-13(10-14-6-4-5-7-16(14)21)22-20(24)15-8-9-17(18(11-15)25-2)27-12-19(23)26-3/h4-9,11,13H,10,12H2,1-3H3,(H,22,24). The molecule has 0 radical (unpaired) electrons. The van der Waals surface area contributed by atoms with Crippen LogP contribution in [0.2, 0.25) is 0 Å². The van der Waals surface area contributed by atoms with Crippen LogP contribution in [0.25, 0.3) is 0 Å². The summed E-state index contributed by atoms with van der Waals surface area (Å²) in [6.07, 6.45) is 0.371. The normalized spacial score (nSPS) is 11.4. The summed E-state index contributed by atoms with van der Waals surface area (Å²) < 4.78 is 28.8. The lowest BCUT2D eigenvalue weighted by molar-refractivity contribution is -0.142. The van der Waals surface area contributed by atoms with Gasteiger partial charge in [-0.25, -0.2) is 9.18 Å². The molecule has 7 heteroatoms. The molecule has 1 amide bonds. The van der Waals surface area contributed by atoms with Gasteiger partial charge in [-0.1, -0.05) is 18.2 Å². The maximum Gasteiger partial charge on any atom is 0.343 e. The van der Waals surface area contributed by atoms with Crippen LogP contribution in [0.3, 0.4) is 0 Å². The SMILES string of the molecule is COC(=O)COc1ccc(C(=O)NC(C)Cc2ccccc2F)cc1OC. The monoisotopic (exact) mass is 375 g/mol. The largest absolute Gasteiger partial charge is 0.493 e. The van der Waals surface area contributed by atoms with Crippen molar-refractivity contribution >= 4 is 11.9 Å². The molecule has 0 fully saturated rings. The van der Waals surface area contributed by atoms with Gasteiger partial charge < -0.3 is 19.5 Å². The molecule has 144 valence electrons. The van der Waals surface area contributed by atoms with Gasteiger partial charge in [-0.2, -0.15) is 0 Å². The number of rotatable bonds is 8. The van der Waals surface area contributed by atoms with Crippen molar-refractivity contribution < 1.29 is 28.2 Å². The van der Waals surface area contributed by atoms with Crippen molar-refractivity contribution in [3.63, 3.8) is 0 Å². The third kappa shape index (κ3) is 5.70. The molecule has 1 atom stereocenters. The molecule has 0 aliphatic carbocycles. The Kier molecular flexibility index (Phi) is 7.16. The van der Waals surface area contributed by atoms with E-state index in [0.717, 1.165) is 0 Å². The summed E-state index contributed by atoms with van der Waals surface area (Å²) in [7, 11) is 2.70. The predicted molar refractivity (Wildman–Crippen MR) is 97.5 cm³/mol. The Bertz CT molecular complexity index is 809. The van der Waals surface area contributed by atoms with E-state index in [1.807, 2.05) is 0 Å². The van der Waals surface area contributed by atoms with Gasteiger partial charge in [0.1, 0.15) is 5.82 Å². The smallest absolute Gasteiger partial charge is 0.343 e. The van der Waals surface area contributed by atoms with Crippen LogP contribution in [0.15, 0.2) is 42.5 Å². The van der Waals surface area contributed by atoms with E-state index in [-0.39, 0.29) is 24.4 Å². The number of carbonyl (C=O) groups is 2. The van der Waals surface area contributed by atoms with Crippen molar-refractivity contribution in [1.29, 1.82) is 0 Å². The molecule has 2 aromatic carbocycles. The molecule has 6 nitrogen and oxygen atoms in total. The molecule has 1 unspecified atom stereocenters. The Labute approximate surface area is 157 Å². The van der Waals surface area contributed by atoms with Crippen LogP contribution in [0.4, 0.5) is 4.39 Å². The summed E-state index contributed by atoms with van der Waals surface area (Å²) in [4.78, 5) is 23.6. The van der Waals surface area contributed by atoms with Crippen LogP contribution < -0.4 is 14.8 Å². The molecular weight excluding hydrogens is 353 g/mol. The molecule has 0 aromatic heterocycles. The van der Waals surface area contributed by atoms with Gasteiger partial charge in [0.15, 0.2) is 18.1 Å². The molecular formula is C20H22FNO5. The van der Waals surface area contributed by atoms with E-state index in [4.69, 9.17) is 9.47 Å². The highest BCUT2D eigenvalue weighted by atomic mass is 19.1. The molecule has 0 bridgehead atoms. The molecule has 2 rings (SSSR count). The van der Waals surface area contributed by atoms with Gasteiger partial charge in [0.05, 0.1) is 14.2 Å². The summed E-state index contributed by atoms with van der Waals surface area (Å²) in [5, 5.41) is 2.83. The van der Waals surface area contributed by atoms with Crippen molar-refractivity contribution in [3.05, 3.63) is 59.4 Å². The number of esters is 1. The number of hydrogen-bond donors (Lipinski definition) is 1. The molecule has 27 heavy (non-hydrogen) atoms. The fraction of sp³-hybridized carbons (Fsp3) is 0.300. The zero-order chi connectivity index (χ0) is 19.8. The number of ether oxygens (including phenoxy) is 3. The summed E-state index contributed by atoms with van der Waals surface area (Å²) in [6.45, 7) is 1.54. The Morgan fingerprint density at radius 2 is 1.85 bits per heavy atom. The van der Waals surface area contributed by atoms with Gasteiger partial charge in [0, 0.05) is 11.6 Å². The first-order valence-corrected chi connectivity index (χ1v) is 8.36. The number of amides is 1. The minimum atomic E-state index is -0.527. The number of nitrogens with one attached hydrogen (secondary N) is 1. The van der Waals surface area contributed by atoms with Crippen LogP contribution in [0, 0.1) is 5.82 Å². The first kappa shape index (κ1) is 20.2. The fourth-order valence-corrected chi connectivity index (χ4v) is 2.48. The maximum absolute atomic E-state index is 13.7. The summed E-state index contributed by atoms with van der Waals surface area (Å²) in [5.74, 6) is -0.517. The van der Waals surface area contributed by atoms with Crippen molar-refractivity contribution in [2.24, 2.45) is 0 Å². The van der Waals surface area contributed by atoms with Crippen molar-refractivity contribution in [3.8, 4) is 11.5 Å². The van der Waals surface area contributed by atoms with Crippen LogP contribution >= 0.6 is 0 Å². The summed E-state index contributed by atoms with van der Waals surface area (Å²) in [5.41, 5.74) is 0.895. The van der Waals surface area contributed by atoms with E-state index in [0.29, 0.717) is 29.0 Å². The van der Waals surface area contributed by atoms with Crippen LogP contribution in [-0.2, 0) is 16.0 Å². The second kappa shape index (κ2) is 9.56. The molecule has 0 aliphatic rings. The van der Waals surface area contributed by atoms with Gasteiger partial charge in [-0.15, -0.1) is 0 Å². The lowest BCUT2D eigenvalue weighted by Crippen LogP contribution is -2.34. The quantitative estimate of drug-likeness (QED) is 0.718. The first-order chi connectivity index (χ1) is 12.9. The zero-order valence-corrected chi connectivity index (χ0v) is 15.5. The van der Waals surface area contributed by atoms with Crippen molar-refractivity contribution in [2.45, 2.75) is 19.4 Å². The van der Waals surface area contributed by atoms with Crippen LogP contribution in [0.1, 0.15) is 22.8 Å². The van der Waals surface area contributed by atoms with Gasteiger partial charge >= 0.3 is 5.97 Å². The number of benzene rings is 2. The Balaban J connectivity index is 2.03. The molecule has 1 N–H and O–H groups in total. The Hall–Kier alpha value is -3.09. The second-order valence-corrected chi connectivity index (χ2v) is 5.90. The predicted octanol–water partition coefficient (Wildman–Crippen LogP) is 2.75. The van der Waals surface area contributed by atoms with Crippen molar-refractivity contribution in [1.82, 2.24) is 5.32 Å². The van der Waals surface area contributed by atoms with Gasteiger partial charge in [-0.3, -0.25) is 4.79 Å². The van der Waals surface area contributed by atoms with Crippen LogP contribution in [0.5, 0.6) is 11.5 Å². The summed E-state index contributed by atoms with van der Waals surface area (Å²) in [6, 6.07) is 10.8. The average Bonchev–Trinajstić information content (AvgIpc) is 2.67. The second-order valence-electron chi connectivity index (χ2n) is 5.90. The van der Waals surface area contributed by atoms with E-state index in [9.17, 15) is 14.0 Å². The number of hydrogen-bond acceptors (Lipinski definition) is 5. The summed E-state index contributed by atoms with van der Waals surface area (Å²) >= 11 is 0. The number of methoxy groups -OCH3 is 2. The maximum atomic E-state index is 13.7. The van der Waals surface area contributed by atoms with E-state index in [1.165, 1.54) is 32.4 Å². The van der Waals surface area contributed by atoms with Gasteiger partial charge in [-0.05, 0) is 43.2 Å². The minimum Gasteiger partial charge on any atom is -0.493 e. The van der Waals surface area contributed by atoms with Gasteiger partial charge in [0.25, 0.3) is 5.91 Å². The van der Waals surface area contributed by atoms with Crippen LogP contribution in [-0.4, -0.2) is 38.7 Å². The number of carbonyl (C=O) groups excluding carboxylic acids is 2. The van der Waals surface area contributed by atoms with E-state index < -0.39 is 5.97 Å². The van der Waals surface area contributed by atoms with Crippen molar-refractivity contribution in [2.75, 3.05) is 20.8 Å². The molecule has 0 heterocycles. The third-order valence-corrected chi connectivity index (χ3v) is 3.86. The topological polar surface area (TPSA) is 73.9 Å². The van der Waals surface area contributed by atoms with E-state index >= 15 is 0 Å². The minimum absolute atomic E-state index is 0.266. The Morgan fingerprint density at radius 3 is 2.52 bits per heavy atom. The average molecular weight is 375 g/mol. The van der Waals surface area contributed by atoms with Gasteiger partial charge in [0.2, 0.25) is 0 Å². The third-order valence-electron chi connectivity index (χ3n) is 3.86. The number of halogens is 1. The Morgan fingerprint density at radius 1 is 1.11 bits per heavy atom. The molecule has 0 saturated heterocycles. The lowest BCUT2D eigenvalue weighted by atomic mass is 10.1. The lowest BCUT2D eigenvalue weighted by Gasteiger charge is -2.16. The van der Waals surface area contributed by atoms with E-state index in [2.05, 4.69) is 10.1 Å². The first-order valence-electron chi connectivity index (χ1n) is 8.36. The highest BCUT2D eigenvalue weighted by Gasteiger charge is 2.15. The molecule has 0 aliphatic heterocycles. The molecule has 0 saturated carbocycles. The van der Waals surface area contributed by atoms with E-state index in [1.54, 1.807) is 31.2 Å². The fourth-order valence-electron chi connectivity index (χ4n) is 2.48. The molecule has 2 aromatic rings. The highest BCUT2D eigenvalue weighted by molar-refractivity contribution is 5.95. The molecule has 0 spiro atoms. The highest BCUT2D eigenvalue weighted by Crippen LogP contribution is 2.28.